The van der Waals surface area contributed by atoms with E-state index in [9.17, 15) is 0 Å². The minimum absolute atomic E-state index is 0.918. The topological polar surface area (TPSA) is 25.2 Å². The van der Waals surface area contributed by atoms with Gasteiger partial charge in [0.05, 0.1) is 5.71 Å². The summed E-state index contributed by atoms with van der Waals surface area (Å²) >= 11 is 0. The molecule has 0 amide bonds. The van der Waals surface area contributed by atoms with Crippen LogP contribution in [0.15, 0.2) is 53.8 Å². The van der Waals surface area contributed by atoms with Gasteiger partial charge < -0.3 is 0 Å². The van der Waals surface area contributed by atoms with E-state index >= 15 is 0 Å². The molecule has 0 saturated heterocycles. The van der Waals surface area contributed by atoms with Gasteiger partial charge in [-0.2, -0.15) is 0 Å². The van der Waals surface area contributed by atoms with Crippen LogP contribution in [0.5, 0.6) is 0 Å². The predicted octanol–water partition coefficient (Wildman–Crippen LogP) is 2.63. The Morgan fingerprint density at radius 2 is 2.29 bits per heavy atom. The van der Waals surface area contributed by atoms with Crippen molar-refractivity contribution in [3.05, 3.63) is 54.4 Å². The summed E-state index contributed by atoms with van der Waals surface area (Å²) in [5.74, 6) is 0. The van der Waals surface area contributed by atoms with Gasteiger partial charge in [-0.05, 0) is 25.1 Å². The summed E-state index contributed by atoms with van der Waals surface area (Å²) in [5.41, 5.74) is 2.95. The Kier molecular flexibility index (Phi) is 3.80. The minimum atomic E-state index is 0.918. The molecule has 72 valence electrons. The fourth-order valence-electron chi connectivity index (χ4n) is 1.04. The molecule has 1 heterocycles. The average molecular weight is 186 g/mol. The van der Waals surface area contributed by atoms with Crippen molar-refractivity contribution in [2.75, 3.05) is 7.05 Å². The van der Waals surface area contributed by atoms with E-state index in [0.717, 1.165) is 16.8 Å². The molecular formula is C12H14N2. The monoisotopic (exact) mass is 186 g/mol. The second-order valence-corrected chi connectivity index (χ2v) is 3.03. The van der Waals surface area contributed by atoms with Crippen LogP contribution in [0, 0.1) is 0 Å². The molecule has 14 heavy (non-hydrogen) atoms. The predicted molar refractivity (Wildman–Crippen MR) is 60.7 cm³/mol. The highest BCUT2D eigenvalue weighted by Gasteiger charge is 1.96. The summed E-state index contributed by atoms with van der Waals surface area (Å²) in [6, 6.07) is 3.88. The fraction of sp³-hybridized carbons (Fsp3) is 0.167. The molecule has 2 nitrogen and oxygen atoms in total. The molecule has 0 spiro atoms. The van der Waals surface area contributed by atoms with E-state index in [1.165, 1.54) is 0 Å². The number of nitrogens with zero attached hydrogens (tertiary/aromatic N) is 2. The molecule has 0 aliphatic heterocycles. The third-order valence-electron chi connectivity index (χ3n) is 1.72. The third-order valence-corrected chi connectivity index (χ3v) is 1.72. The Bertz CT molecular complexity index is 361. The Morgan fingerprint density at radius 3 is 2.79 bits per heavy atom. The van der Waals surface area contributed by atoms with Crippen molar-refractivity contribution in [3.63, 3.8) is 0 Å². The molecule has 0 aliphatic rings. The molecule has 0 atom stereocenters. The quantitative estimate of drug-likeness (QED) is 0.526. The molecule has 0 unspecified atom stereocenters. The van der Waals surface area contributed by atoms with Crippen LogP contribution >= 0.6 is 0 Å². The Morgan fingerprint density at radius 1 is 1.50 bits per heavy atom. The Hall–Kier alpha value is -1.70. The van der Waals surface area contributed by atoms with Crippen LogP contribution in [0.1, 0.15) is 12.5 Å². The van der Waals surface area contributed by atoms with Gasteiger partial charge in [0.25, 0.3) is 0 Å². The maximum absolute atomic E-state index is 4.18. The van der Waals surface area contributed by atoms with Crippen LogP contribution in [0.2, 0.25) is 0 Å². The van der Waals surface area contributed by atoms with E-state index in [1.807, 2.05) is 31.2 Å². The van der Waals surface area contributed by atoms with Crippen molar-refractivity contribution >= 4 is 5.71 Å². The summed E-state index contributed by atoms with van der Waals surface area (Å²) in [4.78, 5) is 8.22. The van der Waals surface area contributed by atoms with Crippen molar-refractivity contribution < 1.29 is 0 Å². The highest BCUT2D eigenvalue weighted by molar-refractivity contribution is 6.08. The maximum Gasteiger partial charge on any atom is 0.0658 e. The second-order valence-electron chi connectivity index (χ2n) is 3.03. The van der Waals surface area contributed by atoms with Crippen molar-refractivity contribution in [2.24, 2.45) is 4.99 Å². The average Bonchev–Trinajstić information content (AvgIpc) is 2.20. The van der Waals surface area contributed by atoms with Crippen LogP contribution in [-0.2, 0) is 0 Å². The lowest BCUT2D eigenvalue weighted by Gasteiger charge is -1.98. The van der Waals surface area contributed by atoms with Crippen LogP contribution in [0.4, 0.5) is 0 Å². The first-order valence-corrected chi connectivity index (χ1v) is 4.45. The molecule has 0 aromatic carbocycles. The molecule has 0 saturated carbocycles. The smallest absolute Gasteiger partial charge is 0.0658 e. The van der Waals surface area contributed by atoms with E-state index in [-0.39, 0.29) is 0 Å². The zero-order valence-corrected chi connectivity index (χ0v) is 8.57. The molecule has 0 N–H and O–H groups in total. The zero-order chi connectivity index (χ0) is 10.4. The number of aliphatic imine (C=N–C) groups is 1. The van der Waals surface area contributed by atoms with Crippen LogP contribution in [0.3, 0.4) is 0 Å². The van der Waals surface area contributed by atoms with Crippen molar-refractivity contribution in [1.29, 1.82) is 0 Å². The first-order valence-electron chi connectivity index (χ1n) is 4.45. The highest BCUT2D eigenvalue weighted by Crippen LogP contribution is 2.01. The number of hydrogen-bond acceptors (Lipinski definition) is 2. The molecule has 1 rings (SSSR count). The van der Waals surface area contributed by atoms with Gasteiger partial charge in [0.2, 0.25) is 0 Å². The van der Waals surface area contributed by atoms with E-state index in [0.29, 0.717) is 0 Å². The van der Waals surface area contributed by atoms with Crippen molar-refractivity contribution in [1.82, 2.24) is 4.98 Å². The standard InChI is InChI=1S/C12H14N2/c1-10(2)6-7-12(13-3)11-5-4-8-14-9-11/h4-9H,1H2,2-3H3/b7-6-,13-12?. The number of pyridine rings is 1. The van der Waals surface area contributed by atoms with Gasteiger partial charge in [-0.25, -0.2) is 0 Å². The summed E-state index contributed by atoms with van der Waals surface area (Å²) in [5, 5.41) is 0. The second kappa shape index (κ2) is 5.12. The molecule has 2 heteroatoms. The van der Waals surface area contributed by atoms with Gasteiger partial charge in [-0.15, -0.1) is 0 Å². The molecule has 0 bridgehead atoms. The van der Waals surface area contributed by atoms with Crippen LogP contribution in [-0.4, -0.2) is 17.7 Å². The number of rotatable bonds is 3. The van der Waals surface area contributed by atoms with E-state index in [4.69, 9.17) is 0 Å². The van der Waals surface area contributed by atoms with Gasteiger partial charge >= 0.3 is 0 Å². The van der Waals surface area contributed by atoms with E-state index < -0.39 is 0 Å². The number of hydrogen-bond donors (Lipinski definition) is 0. The minimum Gasteiger partial charge on any atom is -0.288 e. The lowest BCUT2D eigenvalue weighted by Crippen LogP contribution is -1.96. The highest BCUT2D eigenvalue weighted by atomic mass is 14.7. The molecular weight excluding hydrogens is 172 g/mol. The summed E-state index contributed by atoms with van der Waals surface area (Å²) in [7, 11) is 1.77. The van der Waals surface area contributed by atoms with Crippen LogP contribution < -0.4 is 0 Å². The summed E-state index contributed by atoms with van der Waals surface area (Å²) in [6.45, 7) is 5.75. The molecule has 1 aromatic rings. The summed E-state index contributed by atoms with van der Waals surface area (Å²) in [6.07, 6.45) is 7.43. The lowest BCUT2D eigenvalue weighted by atomic mass is 10.1. The first-order chi connectivity index (χ1) is 6.74. The lowest BCUT2D eigenvalue weighted by molar-refractivity contribution is 1.31. The molecule has 0 fully saturated rings. The SMILES string of the molecule is C=C(C)/C=C\C(=NC)c1cccnc1. The molecule has 0 aliphatic carbocycles. The fourth-order valence-corrected chi connectivity index (χ4v) is 1.04. The first kappa shape index (κ1) is 10.4. The zero-order valence-electron chi connectivity index (χ0n) is 8.57. The normalized spacial score (nSPS) is 12.0. The third kappa shape index (κ3) is 2.98. The summed E-state index contributed by atoms with van der Waals surface area (Å²) < 4.78 is 0. The van der Waals surface area contributed by atoms with Gasteiger partial charge in [0.1, 0.15) is 0 Å². The Labute approximate surface area is 84.7 Å². The largest absolute Gasteiger partial charge is 0.288 e. The number of aromatic nitrogens is 1. The van der Waals surface area contributed by atoms with Gasteiger partial charge in [0.15, 0.2) is 0 Å². The Balaban J connectivity index is 2.90. The van der Waals surface area contributed by atoms with Gasteiger partial charge in [-0.1, -0.05) is 18.2 Å². The number of allylic oxidation sites excluding steroid dienone is 3. The van der Waals surface area contributed by atoms with E-state index in [1.54, 1.807) is 19.4 Å². The maximum atomic E-state index is 4.18. The van der Waals surface area contributed by atoms with Crippen molar-refractivity contribution in [3.8, 4) is 0 Å². The van der Waals surface area contributed by atoms with Gasteiger partial charge in [-0.3, -0.25) is 9.98 Å². The molecule has 1 aromatic heterocycles. The molecule has 0 radical (unpaired) electrons. The van der Waals surface area contributed by atoms with Crippen LogP contribution in [0.25, 0.3) is 0 Å². The van der Waals surface area contributed by atoms with E-state index in [2.05, 4.69) is 16.6 Å². The van der Waals surface area contributed by atoms with Gasteiger partial charge in [0, 0.05) is 25.0 Å². The van der Waals surface area contributed by atoms with Crippen molar-refractivity contribution in [2.45, 2.75) is 6.92 Å².